The van der Waals surface area contributed by atoms with E-state index in [0.29, 0.717) is 11.3 Å². The first-order valence-corrected chi connectivity index (χ1v) is 11.7. The predicted octanol–water partition coefficient (Wildman–Crippen LogP) is 4.48. The molecule has 0 fully saturated rings. The van der Waals surface area contributed by atoms with Crippen molar-refractivity contribution < 1.29 is 18.0 Å². The van der Waals surface area contributed by atoms with Gasteiger partial charge in [-0.2, -0.15) is 4.31 Å². The van der Waals surface area contributed by atoms with Crippen LogP contribution in [-0.4, -0.2) is 31.0 Å². The third-order valence-corrected chi connectivity index (χ3v) is 6.86. The minimum Gasteiger partial charge on any atom is -0.325 e. The Morgan fingerprint density at radius 1 is 0.935 bits per heavy atom. The summed E-state index contributed by atoms with van der Waals surface area (Å²) in [5.74, 6) is -0.628. The van der Waals surface area contributed by atoms with Crippen LogP contribution < -0.4 is 5.32 Å². The zero-order chi connectivity index (χ0) is 22.4. The van der Waals surface area contributed by atoms with Gasteiger partial charge in [-0.15, -0.1) is 0 Å². The number of amides is 1. The molecule has 0 saturated carbocycles. The van der Waals surface area contributed by atoms with Crippen LogP contribution in [0.1, 0.15) is 22.8 Å². The molecule has 3 aromatic carbocycles. The summed E-state index contributed by atoms with van der Waals surface area (Å²) in [6.45, 7) is 1.10. The fraction of sp³-hybridized carbons (Fsp3) is 0.130. The highest BCUT2D eigenvalue weighted by molar-refractivity contribution is 9.10. The molecular weight excluding hydrogens is 480 g/mol. The van der Waals surface area contributed by atoms with E-state index in [2.05, 4.69) is 21.2 Å². The Balaban J connectivity index is 1.85. The van der Waals surface area contributed by atoms with Crippen molar-refractivity contribution in [2.24, 2.45) is 0 Å². The standard InChI is InChI=1S/C23H21BrN2O4S/c1-17(27)19-8-5-9-21(14-19)25-23(28)16-26(15-18-6-3-2-4-7-18)31(29,30)22-12-10-20(24)11-13-22/h2-14H,15-16H2,1H3,(H,25,28). The lowest BCUT2D eigenvalue weighted by Crippen LogP contribution is -2.37. The van der Waals surface area contributed by atoms with Gasteiger partial charge in [0.05, 0.1) is 11.4 Å². The molecule has 8 heteroatoms. The summed E-state index contributed by atoms with van der Waals surface area (Å²) >= 11 is 3.30. The third kappa shape index (κ3) is 6.10. The summed E-state index contributed by atoms with van der Waals surface area (Å²) in [5, 5.41) is 2.68. The monoisotopic (exact) mass is 500 g/mol. The van der Waals surface area contributed by atoms with E-state index in [-0.39, 0.29) is 23.8 Å². The number of benzene rings is 3. The first-order valence-electron chi connectivity index (χ1n) is 9.46. The normalized spacial score (nSPS) is 11.3. The van der Waals surface area contributed by atoms with Crippen molar-refractivity contribution in [2.45, 2.75) is 18.4 Å². The smallest absolute Gasteiger partial charge is 0.243 e. The topological polar surface area (TPSA) is 83.6 Å². The third-order valence-electron chi connectivity index (χ3n) is 4.53. The lowest BCUT2D eigenvalue weighted by Gasteiger charge is -2.22. The van der Waals surface area contributed by atoms with Crippen molar-refractivity contribution >= 4 is 43.3 Å². The molecule has 6 nitrogen and oxygen atoms in total. The van der Waals surface area contributed by atoms with Crippen molar-refractivity contribution in [2.75, 3.05) is 11.9 Å². The fourth-order valence-electron chi connectivity index (χ4n) is 2.95. The average Bonchev–Trinajstić information content (AvgIpc) is 2.74. The van der Waals surface area contributed by atoms with Crippen LogP contribution in [0.25, 0.3) is 0 Å². The zero-order valence-electron chi connectivity index (χ0n) is 16.8. The second-order valence-corrected chi connectivity index (χ2v) is 9.75. The molecule has 160 valence electrons. The number of Topliss-reactive ketones (excluding diaryl/α,β-unsaturated/α-hetero) is 1. The molecule has 0 heterocycles. The Labute approximate surface area is 190 Å². The van der Waals surface area contributed by atoms with Crippen LogP contribution in [0.15, 0.2) is 88.2 Å². The number of ketones is 1. The number of halogens is 1. The van der Waals surface area contributed by atoms with Crippen molar-refractivity contribution in [3.05, 3.63) is 94.5 Å². The second kappa shape index (κ2) is 10.00. The highest BCUT2D eigenvalue weighted by atomic mass is 79.9. The van der Waals surface area contributed by atoms with Gasteiger partial charge in [-0.1, -0.05) is 58.4 Å². The molecule has 1 amide bonds. The van der Waals surface area contributed by atoms with E-state index in [1.54, 1.807) is 48.5 Å². The van der Waals surface area contributed by atoms with Gasteiger partial charge in [0.1, 0.15) is 0 Å². The molecule has 1 N–H and O–H groups in total. The van der Waals surface area contributed by atoms with Crippen LogP contribution in [0.5, 0.6) is 0 Å². The zero-order valence-corrected chi connectivity index (χ0v) is 19.2. The Bertz CT molecular complexity index is 1180. The Kier molecular flexibility index (Phi) is 7.37. The maximum absolute atomic E-state index is 13.3. The minimum absolute atomic E-state index is 0.0418. The van der Waals surface area contributed by atoms with Crippen LogP contribution in [0.3, 0.4) is 0 Å². The van der Waals surface area contributed by atoms with Gasteiger partial charge in [-0.3, -0.25) is 9.59 Å². The van der Waals surface area contributed by atoms with E-state index in [9.17, 15) is 18.0 Å². The largest absolute Gasteiger partial charge is 0.325 e. The molecule has 0 unspecified atom stereocenters. The first-order chi connectivity index (χ1) is 14.8. The van der Waals surface area contributed by atoms with E-state index in [1.165, 1.54) is 19.1 Å². The van der Waals surface area contributed by atoms with E-state index in [0.717, 1.165) is 14.3 Å². The second-order valence-electron chi connectivity index (χ2n) is 6.90. The Morgan fingerprint density at radius 3 is 2.26 bits per heavy atom. The number of carbonyl (C=O) groups excluding carboxylic acids is 2. The van der Waals surface area contributed by atoms with Gasteiger partial charge >= 0.3 is 0 Å². The summed E-state index contributed by atoms with van der Waals surface area (Å²) < 4.78 is 28.4. The summed E-state index contributed by atoms with van der Waals surface area (Å²) in [6, 6.07) is 21.9. The quantitative estimate of drug-likeness (QED) is 0.462. The summed E-state index contributed by atoms with van der Waals surface area (Å²) in [5.41, 5.74) is 1.65. The number of sulfonamides is 1. The molecule has 3 rings (SSSR count). The van der Waals surface area contributed by atoms with Crippen LogP contribution in [0.2, 0.25) is 0 Å². The van der Waals surface area contributed by atoms with Gasteiger partial charge < -0.3 is 5.32 Å². The van der Waals surface area contributed by atoms with Crippen molar-refractivity contribution in [3.8, 4) is 0 Å². The van der Waals surface area contributed by atoms with E-state index in [1.807, 2.05) is 18.2 Å². The van der Waals surface area contributed by atoms with Gasteiger partial charge in [0.15, 0.2) is 5.78 Å². The molecule has 0 bridgehead atoms. The van der Waals surface area contributed by atoms with Gasteiger partial charge in [0.2, 0.25) is 15.9 Å². The average molecular weight is 501 g/mol. The van der Waals surface area contributed by atoms with Crippen LogP contribution in [-0.2, 0) is 21.4 Å². The minimum atomic E-state index is -3.93. The number of nitrogens with zero attached hydrogens (tertiary/aromatic N) is 1. The molecule has 0 radical (unpaired) electrons. The van der Waals surface area contributed by atoms with Crippen molar-refractivity contribution in [1.82, 2.24) is 4.31 Å². The maximum Gasteiger partial charge on any atom is 0.243 e. The molecule has 0 aliphatic carbocycles. The van der Waals surface area contributed by atoms with Crippen LogP contribution in [0.4, 0.5) is 5.69 Å². The summed E-state index contributed by atoms with van der Waals surface area (Å²) in [7, 11) is -3.93. The molecule has 0 aliphatic rings. The molecule has 0 aliphatic heterocycles. The number of hydrogen-bond donors (Lipinski definition) is 1. The van der Waals surface area contributed by atoms with Crippen molar-refractivity contribution in [3.63, 3.8) is 0 Å². The summed E-state index contributed by atoms with van der Waals surface area (Å²) in [6.07, 6.45) is 0. The number of rotatable bonds is 8. The van der Waals surface area contributed by atoms with Gasteiger partial charge in [-0.25, -0.2) is 8.42 Å². The molecular formula is C23H21BrN2O4S. The first kappa shape index (κ1) is 22.9. The maximum atomic E-state index is 13.3. The molecule has 0 saturated heterocycles. The van der Waals surface area contributed by atoms with Gasteiger partial charge in [0.25, 0.3) is 0 Å². The Morgan fingerprint density at radius 2 is 1.61 bits per heavy atom. The van der Waals surface area contributed by atoms with E-state index >= 15 is 0 Å². The molecule has 0 spiro atoms. The van der Waals surface area contributed by atoms with Gasteiger partial charge in [0, 0.05) is 22.3 Å². The molecule has 0 atom stereocenters. The van der Waals surface area contributed by atoms with Crippen LogP contribution in [0, 0.1) is 0 Å². The number of anilines is 1. The van der Waals surface area contributed by atoms with Crippen LogP contribution >= 0.6 is 15.9 Å². The SMILES string of the molecule is CC(=O)c1cccc(NC(=O)CN(Cc2ccccc2)S(=O)(=O)c2ccc(Br)cc2)c1. The number of hydrogen-bond acceptors (Lipinski definition) is 4. The van der Waals surface area contributed by atoms with E-state index in [4.69, 9.17) is 0 Å². The van der Waals surface area contributed by atoms with Crippen molar-refractivity contribution in [1.29, 1.82) is 0 Å². The lowest BCUT2D eigenvalue weighted by molar-refractivity contribution is -0.116. The molecule has 31 heavy (non-hydrogen) atoms. The summed E-state index contributed by atoms with van der Waals surface area (Å²) in [4.78, 5) is 24.4. The lowest BCUT2D eigenvalue weighted by atomic mass is 10.1. The fourth-order valence-corrected chi connectivity index (χ4v) is 4.59. The number of carbonyl (C=O) groups is 2. The highest BCUT2D eigenvalue weighted by Crippen LogP contribution is 2.21. The predicted molar refractivity (Wildman–Crippen MR) is 123 cm³/mol. The molecule has 3 aromatic rings. The molecule has 0 aromatic heterocycles. The van der Waals surface area contributed by atoms with Gasteiger partial charge in [-0.05, 0) is 48.9 Å². The Hall–Kier alpha value is -2.81. The number of nitrogens with one attached hydrogen (secondary N) is 1. The van der Waals surface area contributed by atoms with E-state index < -0.39 is 15.9 Å². The highest BCUT2D eigenvalue weighted by Gasteiger charge is 2.27.